The molecule has 0 saturated carbocycles. The fourth-order valence-corrected chi connectivity index (χ4v) is 2.99. The summed E-state index contributed by atoms with van der Waals surface area (Å²) in [6.07, 6.45) is 5.40. The van der Waals surface area contributed by atoms with E-state index in [-0.39, 0.29) is 6.10 Å². The standard InChI is InChI=1S/C21H31NO/c1-3-5-14-22(15-6-4-2)16-13-21(23)20-12-11-18-9-7-8-10-19(18)17-20/h7-12,17,21,23H,3-6,13-16H2,1-2H3. The monoisotopic (exact) mass is 313 g/mol. The Morgan fingerprint density at radius 1 is 0.870 bits per heavy atom. The number of benzene rings is 2. The molecule has 0 amide bonds. The third-order valence-electron chi connectivity index (χ3n) is 4.53. The van der Waals surface area contributed by atoms with E-state index in [1.807, 2.05) is 0 Å². The maximum absolute atomic E-state index is 10.6. The number of aliphatic hydroxyl groups excluding tert-OH is 1. The van der Waals surface area contributed by atoms with Gasteiger partial charge in [-0.15, -0.1) is 0 Å². The molecule has 0 bridgehead atoms. The fraction of sp³-hybridized carbons (Fsp3) is 0.524. The van der Waals surface area contributed by atoms with E-state index in [1.165, 1.54) is 36.5 Å². The third kappa shape index (κ3) is 5.63. The smallest absolute Gasteiger partial charge is 0.0802 e. The average Bonchev–Trinajstić information content (AvgIpc) is 2.60. The van der Waals surface area contributed by atoms with Crippen molar-refractivity contribution in [1.82, 2.24) is 4.90 Å². The zero-order valence-corrected chi connectivity index (χ0v) is 14.7. The lowest BCUT2D eigenvalue weighted by atomic mass is 10.0. The second-order valence-corrected chi connectivity index (χ2v) is 6.46. The minimum atomic E-state index is -0.370. The maximum atomic E-state index is 10.6. The molecule has 0 saturated heterocycles. The summed E-state index contributed by atoms with van der Waals surface area (Å²) >= 11 is 0. The maximum Gasteiger partial charge on any atom is 0.0802 e. The number of rotatable bonds is 10. The average molecular weight is 313 g/mol. The van der Waals surface area contributed by atoms with Gasteiger partial charge in [-0.25, -0.2) is 0 Å². The highest BCUT2D eigenvalue weighted by molar-refractivity contribution is 5.83. The summed E-state index contributed by atoms with van der Waals surface area (Å²) in [5.74, 6) is 0. The van der Waals surface area contributed by atoms with Gasteiger partial charge in [-0.3, -0.25) is 0 Å². The van der Waals surface area contributed by atoms with Gasteiger partial charge in [0.15, 0.2) is 0 Å². The summed E-state index contributed by atoms with van der Waals surface area (Å²) in [4.78, 5) is 2.51. The summed E-state index contributed by atoms with van der Waals surface area (Å²) in [5, 5.41) is 13.0. The first kappa shape index (κ1) is 18.0. The molecule has 1 atom stereocenters. The highest BCUT2D eigenvalue weighted by Crippen LogP contribution is 2.22. The van der Waals surface area contributed by atoms with E-state index in [0.29, 0.717) is 0 Å². The SMILES string of the molecule is CCCCN(CCCC)CCC(O)c1ccc2ccccc2c1. The Hall–Kier alpha value is -1.38. The van der Waals surface area contributed by atoms with Crippen LogP contribution in [0.3, 0.4) is 0 Å². The van der Waals surface area contributed by atoms with Crippen molar-refractivity contribution in [2.75, 3.05) is 19.6 Å². The van der Waals surface area contributed by atoms with Crippen molar-refractivity contribution in [3.63, 3.8) is 0 Å². The molecule has 0 aliphatic rings. The van der Waals surface area contributed by atoms with E-state index in [1.54, 1.807) is 0 Å². The Bertz CT molecular complexity index is 573. The van der Waals surface area contributed by atoms with Crippen LogP contribution < -0.4 is 0 Å². The van der Waals surface area contributed by atoms with E-state index in [0.717, 1.165) is 31.6 Å². The molecule has 2 rings (SSSR count). The van der Waals surface area contributed by atoms with Crippen molar-refractivity contribution in [3.8, 4) is 0 Å². The summed E-state index contributed by atoms with van der Waals surface area (Å²) in [6.45, 7) is 7.76. The normalized spacial score (nSPS) is 12.9. The highest BCUT2D eigenvalue weighted by atomic mass is 16.3. The van der Waals surface area contributed by atoms with Crippen molar-refractivity contribution in [3.05, 3.63) is 48.0 Å². The van der Waals surface area contributed by atoms with Gasteiger partial charge in [-0.2, -0.15) is 0 Å². The zero-order valence-electron chi connectivity index (χ0n) is 14.7. The van der Waals surface area contributed by atoms with Gasteiger partial charge in [-0.05, 0) is 54.8 Å². The summed E-state index contributed by atoms with van der Waals surface area (Å²) in [6, 6.07) is 14.6. The largest absolute Gasteiger partial charge is 0.388 e. The molecule has 0 spiro atoms. The lowest BCUT2D eigenvalue weighted by Gasteiger charge is -2.23. The number of unbranched alkanes of at least 4 members (excludes halogenated alkanes) is 2. The van der Waals surface area contributed by atoms with Crippen LogP contribution in [-0.2, 0) is 0 Å². The predicted molar refractivity (Wildman–Crippen MR) is 99.8 cm³/mol. The lowest BCUT2D eigenvalue weighted by molar-refractivity contribution is 0.140. The number of fused-ring (bicyclic) bond motifs is 1. The number of hydrogen-bond donors (Lipinski definition) is 1. The van der Waals surface area contributed by atoms with Gasteiger partial charge < -0.3 is 10.0 Å². The van der Waals surface area contributed by atoms with Crippen LogP contribution in [0, 0.1) is 0 Å². The Balaban J connectivity index is 1.93. The molecule has 0 fully saturated rings. The molecule has 2 aromatic rings. The molecule has 2 heteroatoms. The molecule has 0 aliphatic carbocycles. The van der Waals surface area contributed by atoms with E-state index < -0.39 is 0 Å². The van der Waals surface area contributed by atoms with Crippen molar-refractivity contribution < 1.29 is 5.11 Å². The van der Waals surface area contributed by atoms with E-state index in [4.69, 9.17) is 0 Å². The van der Waals surface area contributed by atoms with Gasteiger partial charge >= 0.3 is 0 Å². The van der Waals surface area contributed by atoms with Gasteiger partial charge in [0.1, 0.15) is 0 Å². The number of aliphatic hydroxyl groups is 1. The molecular formula is C21H31NO. The van der Waals surface area contributed by atoms with Crippen LogP contribution in [0.15, 0.2) is 42.5 Å². The van der Waals surface area contributed by atoms with Crippen molar-refractivity contribution in [2.24, 2.45) is 0 Å². The van der Waals surface area contributed by atoms with Crippen LogP contribution in [0.1, 0.15) is 57.6 Å². The van der Waals surface area contributed by atoms with Crippen LogP contribution in [-0.4, -0.2) is 29.6 Å². The molecule has 23 heavy (non-hydrogen) atoms. The quantitative estimate of drug-likeness (QED) is 0.654. The Morgan fingerprint density at radius 3 is 2.17 bits per heavy atom. The lowest BCUT2D eigenvalue weighted by Crippen LogP contribution is -2.28. The summed E-state index contributed by atoms with van der Waals surface area (Å²) in [5.41, 5.74) is 1.04. The first-order valence-corrected chi connectivity index (χ1v) is 9.13. The predicted octanol–water partition coefficient (Wildman–Crippen LogP) is 5.17. The Labute approximate surface area is 141 Å². The number of nitrogens with zero attached hydrogens (tertiary/aromatic N) is 1. The molecule has 0 radical (unpaired) electrons. The van der Waals surface area contributed by atoms with Gasteiger partial charge in [0.25, 0.3) is 0 Å². The molecule has 2 nitrogen and oxygen atoms in total. The third-order valence-corrected chi connectivity index (χ3v) is 4.53. The van der Waals surface area contributed by atoms with E-state index in [9.17, 15) is 5.11 Å². The van der Waals surface area contributed by atoms with E-state index in [2.05, 4.69) is 61.2 Å². The summed E-state index contributed by atoms with van der Waals surface area (Å²) in [7, 11) is 0. The highest BCUT2D eigenvalue weighted by Gasteiger charge is 2.11. The molecular weight excluding hydrogens is 282 g/mol. The molecule has 2 aromatic carbocycles. The van der Waals surface area contributed by atoms with Crippen LogP contribution in [0.2, 0.25) is 0 Å². The fourth-order valence-electron chi connectivity index (χ4n) is 2.99. The molecule has 1 N–H and O–H groups in total. The number of hydrogen-bond acceptors (Lipinski definition) is 2. The molecule has 0 aromatic heterocycles. The summed E-state index contributed by atoms with van der Waals surface area (Å²) < 4.78 is 0. The Kier molecular flexibility index (Phi) is 7.57. The van der Waals surface area contributed by atoms with Crippen LogP contribution in [0.5, 0.6) is 0 Å². The Morgan fingerprint density at radius 2 is 1.52 bits per heavy atom. The van der Waals surface area contributed by atoms with E-state index >= 15 is 0 Å². The first-order valence-electron chi connectivity index (χ1n) is 9.13. The van der Waals surface area contributed by atoms with Crippen LogP contribution in [0.4, 0.5) is 0 Å². The van der Waals surface area contributed by atoms with Crippen molar-refractivity contribution >= 4 is 10.8 Å². The van der Waals surface area contributed by atoms with Gasteiger partial charge in [0.05, 0.1) is 6.10 Å². The van der Waals surface area contributed by atoms with Crippen LogP contribution >= 0.6 is 0 Å². The van der Waals surface area contributed by atoms with Crippen molar-refractivity contribution in [1.29, 1.82) is 0 Å². The second kappa shape index (κ2) is 9.69. The zero-order chi connectivity index (χ0) is 16.5. The minimum Gasteiger partial charge on any atom is -0.388 e. The first-order chi connectivity index (χ1) is 11.2. The topological polar surface area (TPSA) is 23.5 Å². The van der Waals surface area contributed by atoms with Gasteiger partial charge in [0, 0.05) is 6.54 Å². The molecule has 0 aliphatic heterocycles. The molecule has 1 unspecified atom stereocenters. The van der Waals surface area contributed by atoms with Gasteiger partial charge in [0.2, 0.25) is 0 Å². The van der Waals surface area contributed by atoms with Crippen molar-refractivity contribution in [2.45, 2.75) is 52.1 Å². The molecule has 0 heterocycles. The minimum absolute atomic E-state index is 0.370. The second-order valence-electron chi connectivity index (χ2n) is 6.46. The molecule has 126 valence electrons. The van der Waals surface area contributed by atoms with Gasteiger partial charge in [-0.1, -0.05) is 63.1 Å². The van der Waals surface area contributed by atoms with Crippen LogP contribution in [0.25, 0.3) is 10.8 Å².